The fourth-order valence-electron chi connectivity index (χ4n) is 3.39. The molecular formula is C20H11F7N2O. The highest BCUT2D eigenvalue weighted by molar-refractivity contribution is 5.85. The van der Waals surface area contributed by atoms with Crippen LogP contribution in [-0.2, 0) is 18.9 Å². The van der Waals surface area contributed by atoms with Gasteiger partial charge < -0.3 is 0 Å². The fourth-order valence-corrected chi connectivity index (χ4v) is 3.39. The molecule has 4 rings (SSSR count). The summed E-state index contributed by atoms with van der Waals surface area (Å²) in [5.74, 6) is -0.542. The van der Waals surface area contributed by atoms with Crippen LogP contribution < -0.4 is 5.56 Å². The predicted molar refractivity (Wildman–Crippen MR) is 94.9 cm³/mol. The van der Waals surface area contributed by atoms with Crippen molar-refractivity contribution in [3.05, 3.63) is 75.1 Å². The standard InChI is InChI=1S/C20H11F7N2O/c21-14-1-2-15-16(9-14)28-17-11(3-4-29(17)18(15)30)5-10-6-12(19(22,23)24)8-13(7-10)20(25,26)27/h1-2,5-9H,3-4H2/b11-5+. The summed E-state index contributed by atoms with van der Waals surface area (Å²) in [6.45, 7) is 0.158. The van der Waals surface area contributed by atoms with E-state index in [-0.39, 0.29) is 46.9 Å². The van der Waals surface area contributed by atoms with Crippen LogP contribution in [0.3, 0.4) is 0 Å². The molecule has 0 radical (unpaired) electrons. The van der Waals surface area contributed by atoms with Gasteiger partial charge in [-0.15, -0.1) is 0 Å². The molecule has 0 fully saturated rings. The van der Waals surface area contributed by atoms with E-state index in [0.717, 1.165) is 18.2 Å². The molecule has 0 spiro atoms. The van der Waals surface area contributed by atoms with Gasteiger partial charge in [-0.1, -0.05) is 0 Å². The van der Waals surface area contributed by atoms with Crippen molar-refractivity contribution in [2.75, 3.05) is 0 Å². The molecule has 0 aliphatic carbocycles. The van der Waals surface area contributed by atoms with Crippen molar-refractivity contribution < 1.29 is 30.7 Å². The van der Waals surface area contributed by atoms with Crippen LogP contribution in [0.15, 0.2) is 41.2 Å². The smallest absolute Gasteiger partial charge is 0.292 e. The van der Waals surface area contributed by atoms with Gasteiger partial charge in [0.2, 0.25) is 0 Å². The number of rotatable bonds is 1. The molecule has 1 aliphatic rings. The molecule has 0 saturated heterocycles. The number of benzene rings is 2. The minimum Gasteiger partial charge on any atom is -0.292 e. The van der Waals surface area contributed by atoms with Gasteiger partial charge in [0.25, 0.3) is 5.56 Å². The first kappa shape index (κ1) is 20.1. The maximum Gasteiger partial charge on any atom is 0.416 e. The lowest BCUT2D eigenvalue weighted by Crippen LogP contribution is -2.20. The SMILES string of the molecule is O=c1c2ccc(F)cc2nc2n1CC/C2=C\c1cc(C(F)(F)F)cc(C(F)(F)F)c1. The van der Waals surface area contributed by atoms with Crippen LogP contribution >= 0.6 is 0 Å². The van der Waals surface area contributed by atoms with Crippen LogP contribution in [0.5, 0.6) is 0 Å². The van der Waals surface area contributed by atoms with E-state index in [0.29, 0.717) is 12.1 Å². The molecular weight excluding hydrogens is 417 g/mol. The van der Waals surface area contributed by atoms with Gasteiger partial charge in [-0.25, -0.2) is 9.37 Å². The second-order valence-corrected chi connectivity index (χ2v) is 6.81. The van der Waals surface area contributed by atoms with E-state index in [2.05, 4.69) is 4.98 Å². The lowest BCUT2D eigenvalue weighted by atomic mass is 10.0. The van der Waals surface area contributed by atoms with E-state index in [1.54, 1.807) is 0 Å². The molecule has 0 amide bonds. The number of fused-ring (bicyclic) bond motifs is 2. The van der Waals surface area contributed by atoms with Crippen molar-refractivity contribution in [2.45, 2.75) is 25.3 Å². The van der Waals surface area contributed by atoms with Crippen molar-refractivity contribution in [1.29, 1.82) is 0 Å². The maximum absolute atomic E-state index is 13.5. The second kappa shape index (κ2) is 6.68. The van der Waals surface area contributed by atoms with Crippen molar-refractivity contribution in [3.8, 4) is 0 Å². The average Bonchev–Trinajstić information content (AvgIpc) is 3.03. The summed E-state index contributed by atoms with van der Waals surface area (Å²) in [7, 11) is 0. The first-order valence-corrected chi connectivity index (χ1v) is 8.64. The first-order valence-electron chi connectivity index (χ1n) is 8.64. The van der Waals surface area contributed by atoms with E-state index >= 15 is 0 Å². The molecule has 1 aliphatic heterocycles. The molecule has 0 saturated carbocycles. The number of hydrogen-bond acceptors (Lipinski definition) is 2. The average molecular weight is 428 g/mol. The Hall–Kier alpha value is -3.17. The van der Waals surface area contributed by atoms with Crippen molar-refractivity contribution in [1.82, 2.24) is 9.55 Å². The van der Waals surface area contributed by atoms with Crippen LogP contribution in [-0.4, -0.2) is 9.55 Å². The van der Waals surface area contributed by atoms with Crippen LogP contribution in [0.2, 0.25) is 0 Å². The Bertz CT molecular complexity index is 1220. The normalized spacial score (nSPS) is 15.8. The van der Waals surface area contributed by atoms with Crippen LogP contribution in [0.1, 0.15) is 28.9 Å². The molecule has 1 aromatic heterocycles. The highest BCUT2D eigenvalue weighted by Gasteiger charge is 2.36. The van der Waals surface area contributed by atoms with Gasteiger partial charge in [0.15, 0.2) is 0 Å². The van der Waals surface area contributed by atoms with Crippen molar-refractivity contribution in [2.24, 2.45) is 0 Å². The van der Waals surface area contributed by atoms with E-state index in [1.807, 2.05) is 0 Å². The van der Waals surface area contributed by atoms with Gasteiger partial charge in [-0.2, -0.15) is 26.3 Å². The molecule has 2 aromatic carbocycles. The molecule has 10 heteroatoms. The van der Waals surface area contributed by atoms with E-state index in [4.69, 9.17) is 0 Å². The molecule has 30 heavy (non-hydrogen) atoms. The Balaban J connectivity index is 1.89. The topological polar surface area (TPSA) is 34.9 Å². The highest BCUT2D eigenvalue weighted by Crippen LogP contribution is 2.37. The predicted octanol–water partition coefficient (Wildman–Crippen LogP) is 5.52. The Morgan fingerprint density at radius 1 is 0.933 bits per heavy atom. The zero-order chi connectivity index (χ0) is 21.8. The molecule has 0 bridgehead atoms. The highest BCUT2D eigenvalue weighted by atomic mass is 19.4. The largest absolute Gasteiger partial charge is 0.416 e. The minimum absolute atomic E-state index is 0.0453. The molecule has 2 heterocycles. The number of alkyl halides is 6. The van der Waals surface area contributed by atoms with Gasteiger partial charge in [0.05, 0.1) is 22.0 Å². The van der Waals surface area contributed by atoms with E-state index in [9.17, 15) is 35.5 Å². The van der Waals surface area contributed by atoms with Gasteiger partial charge in [0.1, 0.15) is 11.6 Å². The number of aromatic nitrogens is 2. The molecule has 0 atom stereocenters. The van der Waals surface area contributed by atoms with Crippen LogP contribution in [0, 0.1) is 5.82 Å². The van der Waals surface area contributed by atoms with Crippen molar-refractivity contribution in [3.63, 3.8) is 0 Å². The molecule has 0 unspecified atom stereocenters. The van der Waals surface area contributed by atoms with Crippen LogP contribution in [0.25, 0.3) is 22.6 Å². The lowest BCUT2D eigenvalue weighted by molar-refractivity contribution is -0.143. The first-order chi connectivity index (χ1) is 13.9. The fraction of sp³-hybridized carbons (Fsp3) is 0.200. The van der Waals surface area contributed by atoms with Gasteiger partial charge >= 0.3 is 12.4 Å². The number of allylic oxidation sites excluding steroid dienone is 1. The summed E-state index contributed by atoms with van der Waals surface area (Å²) in [5.41, 5.74) is -3.32. The molecule has 0 N–H and O–H groups in total. The monoisotopic (exact) mass is 428 g/mol. The number of nitrogens with zero attached hydrogens (tertiary/aromatic N) is 2. The van der Waals surface area contributed by atoms with Crippen molar-refractivity contribution >= 4 is 22.6 Å². The van der Waals surface area contributed by atoms with E-state index < -0.39 is 34.9 Å². The lowest BCUT2D eigenvalue weighted by Gasteiger charge is -2.13. The van der Waals surface area contributed by atoms with E-state index in [1.165, 1.54) is 10.6 Å². The summed E-state index contributed by atoms with van der Waals surface area (Å²) < 4.78 is 93.2. The summed E-state index contributed by atoms with van der Waals surface area (Å²) in [4.78, 5) is 16.8. The number of hydrogen-bond donors (Lipinski definition) is 0. The third kappa shape index (κ3) is 3.57. The molecule has 3 nitrogen and oxygen atoms in total. The van der Waals surface area contributed by atoms with Gasteiger partial charge in [-0.05, 0) is 54.0 Å². The Labute approximate surface area is 164 Å². The van der Waals surface area contributed by atoms with Gasteiger partial charge in [-0.3, -0.25) is 9.36 Å². The second-order valence-electron chi connectivity index (χ2n) is 6.81. The Morgan fingerprint density at radius 3 is 2.17 bits per heavy atom. The summed E-state index contributed by atoms with van der Waals surface area (Å²) in [6, 6.07) is 4.67. The third-order valence-electron chi connectivity index (χ3n) is 4.76. The quantitative estimate of drug-likeness (QED) is 0.479. The Morgan fingerprint density at radius 2 is 1.57 bits per heavy atom. The van der Waals surface area contributed by atoms with Gasteiger partial charge in [0, 0.05) is 12.6 Å². The maximum atomic E-state index is 13.5. The Kier molecular flexibility index (Phi) is 4.48. The number of halogens is 7. The summed E-state index contributed by atoms with van der Waals surface area (Å²) in [6.07, 6.45) is -8.62. The third-order valence-corrected chi connectivity index (χ3v) is 4.76. The zero-order valence-corrected chi connectivity index (χ0v) is 14.9. The molecule has 3 aromatic rings. The molecule has 156 valence electrons. The summed E-state index contributed by atoms with van der Waals surface area (Å²) >= 11 is 0. The van der Waals surface area contributed by atoms with Crippen LogP contribution in [0.4, 0.5) is 30.7 Å². The minimum atomic E-state index is -4.97. The zero-order valence-electron chi connectivity index (χ0n) is 14.9. The summed E-state index contributed by atoms with van der Waals surface area (Å²) in [5, 5.41) is 0.167.